The van der Waals surface area contributed by atoms with Crippen molar-refractivity contribution in [2.24, 2.45) is 11.7 Å². The molecule has 1 aromatic rings. The van der Waals surface area contributed by atoms with Crippen molar-refractivity contribution >= 4 is 0 Å². The molecule has 2 atom stereocenters. The average Bonchev–Trinajstić information content (AvgIpc) is 2.46. The molecule has 2 unspecified atom stereocenters. The lowest BCUT2D eigenvalue weighted by atomic mass is 9.86. The van der Waals surface area contributed by atoms with Crippen LogP contribution in [0.5, 0.6) is 0 Å². The van der Waals surface area contributed by atoms with Gasteiger partial charge in [-0.05, 0) is 37.4 Å². The fourth-order valence-corrected chi connectivity index (χ4v) is 2.59. The average molecular weight is 262 g/mol. The lowest BCUT2D eigenvalue weighted by molar-refractivity contribution is -0.0192. The third-order valence-electron chi connectivity index (χ3n) is 3.78. The van der Waals surface area contributed by atoms with Crippen molar-refractivity contribution in [2.75, 3.05) is 6.54 Å². The Morgan fingerprint density at radius 3 is 2.84 bits per heavy atom. The van der Waals surface area contributed by atoms with Crippen LogP contribution in [-0.4, -0.2) is 12.6 Å². The highest BCUT2D eigenvalue weighted by molar-refractivity contribution is 5.32. The topological polar surface area (TPSA) is 59.0 Å². The highest BCUT2D eigenvalue weighted by Gasteiger charge is 2.24. The first-order chi connectivity index (χ1) is 9.24. The Morgan fingerprint density at radius 2 is 2.16 bits per heavy atom. The van der Waals surface area contributed by atoms with Gasteiger partial charge in [0, 0.05) is 5.56 Å². The minimum Gasteiger partial charge on any atom is -0.373 e. The van der Waals surface area contributed by atoms with Gasteiger partial charge in [-0.1, -0.05) is 18.9 Å². The highest BCUT2D eigenvalue weighted by Crippen LogP contribution is 2.27. The molecule has 1 aliphatic carbocycles. The summed E-state index contributed by atoms with van der Waals surface area (Å²) < 4.78 is 19.5. The molecule has 1 aromatic carbocycles. The molecule has 1 aliphatic rings. The van der Waals surface area contributed by atoms with Gasteiger partial charge in [0.15, 0.2) is 0 Å². The van der Waals surface area contributed by atoms with Gasteiger partial charge in [0.2, 0.25) is 0 Å². The zero-order chi connectivity index (χ0) is 13.7. The summed E-state index contributed by atoms with van der Waals surface area (Å²) >= 11 is 0. The molecule has 2 rings (SSSR count). The van der Waals surface area contributed by atoms with E-state index in [1.54, 1.807) is 12.1 Å². The van der Waals surface area contributed by atoms with E-state index in [0.29, 0.717) is 23.6 Å². The molecule has 102 valence electrons. The molecular formula is C15H19FN2O. The van der Waals surface area contributed by atoms with Crippen molar-refractivity contribution in [2.45, 2.75) is 38.4 Å². The Labute approximate surface area is 113 Å². The van der Waals surface area contributed by atoms with Gasteiger partial charge in [0.25, 0.3) is 0 Å². The van der Waals surface area contributed by atoms with E-state index in [2.05, 4.69) is 0 Å². The van der Waals surface area contributed by atoms with E-state index in [1.165, 1.54) is 12.5 Å². The number of hydrogen-bond donors (Lipinski definition) is 1. The van der Waals surface area contributed by atoms with E-state index >= 15 is 0 Å². The quantitative estimate of drug-likeness (QED) is 0.907. The molecular weight excluding hydrogens is 243 g/mol. The van der Waals surface area contributed by atoms with Crippen molar-refractivity contribution < 1.29 is 9.13 Å². The van der Waals surface area contributed by atoms with Gasteiger partial charge in [-0.2, -0.15) is 5.26 Å². The van der Waals surface area contributed by atoms with Crippen LogP contribution < -0.4 is 5.73 Å². The maximum atomic E-state index is 13.7. The summed E-state index contributed by atoms with van der Waals surface area (Å²) in [6.45, 7) is 0.874. The van der Waals surface area contributed by atoms with Crippen LogP contribution in [0.15, 0.2) is 18.2 Å². The highest BCUT2D eigenvalue weighted by atomic mass is 19.1. The molecule has 1 fully saturated rings. The molecule has 0 heterocycles. The lowest BCUT2D eigenvalue weighted by Gasteiger charge is -2.30. The molecule has 0 saturated heterocycles. The number of rotatable bonds is 4. The summed E-state index contributed by atoms with van der Waals surface area (Å²) in [5, 5.41) is 8.69. The zero-order valence-corrected chi connectivity index (χ0v) is 10.9. The zero-order valence-electron chi connectivity index (χ0n) is 10.9. The molecule has 0 radical (unpaired) electrons. The van der Waals surface area contributed by atoms with Gasteiger partial charge in [-0.3, -0.25) is 0 Å². The predicted molar refractivity (Wildman–Crippen MR) is 70.7 cm³/mol. The number of nitrogens with zero attached hydrogens (tertiary/aromatic N) is 1. The standard InChI is InChI=1S/C15H19FN2O/c16-14-7-11(8-17)5-6-13(14)10-19-15-4-2-1-3-12(15)9-18/h5-7,12,15H,1-4,9-10,18H2. The Kier molecular flexibility index (Phi) is 4.89. The number of halogens is 1. The Bertz CT molecular complexity index is 470. The second-order valence-electron chi connectivity index (χ2n) is 5.05. The third kappa shape index (κ3) is 3.52. The van der Waals surface area contributed by atoms with Crippen molar-refractivity contribution in [1.82, 2.24) is 0 Å². The summed E-state index contributed by atoms with van der Waals surface area (Å²) in [6, 6.07) is 6.40. The maximum Gasteiger partial charge on any atom is 0.130 e. The normalized spacial score (nSPS) is 23.0. The van der Waals surface area contributed by atoms with Crippen LogP contribution in [-0.2, 0) is 11.3 Å². The van der Waals surface area contributed by atoms with Crippen LogP contribution in [0.1, 0.15) is 36.8 Å². The fraction of sp³-hybridized carbons (Fsp3) is 0.533. The van der Waals surface area contributed by atoms with Crippen LogP contribution in [0.2, 0.25) is 0 Å². The Balaban J connectivity index is 1.96. The first-order valence-corrected chi connectivity index (χ1v) is 6.74. The number of benzene rings is 1. The van der Waals surface area contributed by atoms with Gasteiger partial charge in [-0.15, -0.1) is 0 Å². The molecule has 0 amide bonds. The summed E-state index contributed by atoms with van der Waals surface area (Å²) in [6.07, 6.45) is 4.58. The summed E-state index contributed by atoms with van der Waals surface area (Å²) in [5.41, 5.74) is 6.57. The minimum atomic E-state index is -0.376. The van der Waals surface area contributed by atoms with Gasteiger partial charge < -0.3 is 10.5 Å². The van der Waals surface area contributed by atoms with E-state index < -0.39 is 0 Å². The van der Waals surface area contributed by atoms with Crippen LogP contribution in [0.3, 0.4) is 0 Å². The van der Waals surface area contributed by atoms with Crippen LogP contribution in [0, 0.1) is 23.1 Å². The van der Waals surface area contributed by atoms with E-state index in [0.717, 1.165) is 19.3 Å². The number of nitriles is 1. The van der Waals surface area contributed by atoms with Crippen LogP contribution in [0.4, 0.5) is 4.39 Å². The second-order valence-corrected chi connectivity index (χ2v) is 5.05. The molecule has 0 aromatic heterocycles. The first kappa shape index (κ1) is 14.0. The maximum absolute atomic E-state index is 13.7. The molecule has 0 aliphatic heterocycles. The first-order valence-electron chi connectivity index (χ1n) is 6.74. The molecule has 2 N–H and O–H groups in total. The molecule has 4 heteroatoms. The third-order valence-corrected chi connectivity index (χ3v) is 3.78. The monoisotopic (exact) mass is 262 g/mol. The molecule has 3 nitrogen and oxygen atoms in total. The molecule has 1 saturated carbocycles. The summed E-state index contributed by atoms with van der Waals surface area (Å²) in [4.78, 5) is 0. The van der Waals surface area contributed by atoms with Gasteiger partial charge in [0.05, 0.1) is 24.3 Å². The minimum absolute atomic E-state index is 0.133. The van der Waals surface area contributed by atoms with Gasteiger partial charge in [-0.25, -0.2) is 4.39 Å². The van der Waals surface area contributed by atoms with Crippen molar-refractivity contribution in [3.63, 3.8) is 0 Å². The lowest BCUT2D eigenvalue weighted by Crippen LogP contribution is -2.33. The van der Waals surface area contributed by atoms with E-state index in [9.17, 15) is 4.39 Å². The summed E-state index contributed by atoms with van der Waals surface area (Å²) in [5.74, 6) is 0.00866. The van der Waals surface area contributed by atoms with E-state index in [4.69, 9.17) is 15.7 Å². The van der Waals surface area contributed by atoms with Gasteiger partial charge >= 0.3 is 0 Å². The second kappa shape index (κ2) is 6.65. The summed E-state index contributed by atoms with van der Waals surface area (Å²) in [7, 11) is 0. The molecule has 0 bridgehead atoms. The van der Waals surface area contributed by atoms with Crippen LogP contribution in [0.25, 0.3) is 0 Å². The number of ether oxygens (including phenoxy) is 1. The number of nitrogens with two attached hydrogens (primary N) is 1. The largest absolute Gasteiger partial charge is 0.373 e. The van der Waals surface area contributed by atoms with E-state index in [-0.39, 0.29) is 18.5 Å². The van der Waals surface area contributed by atoms with Crippen molar-refractivity contribution in [3.05, 3.63) is 35.1 Å². The van der Waals surface area contributed by atoms with Crippen molar-refractivity contribution in [1.29, 1.82) is 5.26 Å². The number of hydrogen-bond acceptors (Lipinski definition) is 3. The van der Waals surface area contributed by atoms with Crippen LogP contribution >= 0.6 is 0 Å². The SMILES string of the molecule is N#Cc1ccc(COC2CCCCC2CN)c(F)c1. The fourth-order valence-electron chi connectivity index (χ4n) is 2.59. The van der Waals surface area contributed by atoms with Gasteiger partial charge in [0.1, 0.15) is 5.82 Å². The Hall–Kier alpha value is -1.44. The molecule has 19 heavy (non-hydrogen) atoms. The molecule has 0 spiro atoms. The van der Waals surface area contributed by atoms with E-state index in [1.807, 2.05) is 6.07 Å². The van der Waals surface area contributed by atoms with Crippen molar-refractivity contribution in [3.8, 4) is 6.07 Å². The predicted octanol–water partition coefficient (Wildman–Crippen LogP) is 2.73. The Morgan fingerprint density at radius 1 is 1.37 bits per heavy atom. The smallest absolute Gasteiger partial charge is 0.130 e.